The van der Waals surface area contributed by atoms with E-state index in [0.717, 1.165) is 11.1 Å². The second kappa shape index (κ2) is 9.43. The lowest BCUT2D eigenvalue weighted by Gasteiger charge is -2.33. The van der Waals surface area contributed by atoms with Crippen molar-refractivity contribution in [2.45, 2.75) is 37.0 Å². The summed E-state index contributed by atoms with van der Waals surface area (Å²) in [6.45, 7) is 3.11. The van der Waals surface area contributed by atoms with Crippen LogP contribution in [0.1, 0.15) is 29.7 Å². The van der Waals surface area contributed by atoms with E-state index in [2.05, 4.69) is 4.72 Å². The van der Waals surface area contributed by atoms with Crippen LogP contribution in [0.15, 0.2) is 89.8 Å². The lowest BCUT2D eigenvalue weighted by molar-refractivity contribution is -0.156. The molecule has 2 N–H and O–H groups in total. The Labute approximate surface area is 182 Å². The Morgan fingerprint density at radius 3 is 2.10 bits per heavy atom. The molecule has 3 aromatic rings. The van der Waals surface area contributed by atoms with Gasteiger partial charge in [-0.25, -0.2) is 13.2 Å². The maximum Gasteiger partial charge on any atom is 0.330 e. The number of nitrogens with one attached hydrogen (secondary N) is 1. The molecule has 3 rings (SSSR count). The summed E-state index contributed by atoms with van der Waals surface area (Å²) in [5, 5.41) is 11.0. The monoisotopic (exact) mass is 439 g/mol. The third-order valence-electron chi connectivity index (χ3n) is 4.98. The van der Waals surface area contributed by atoms with Gasteiger partial charge in [-0.05, 0) is 37.1 Å². The average molecular weight is 440 g/mol. The molecule has 0 bridgehead atoms. The highest BCUT2D eigenvalue weighted by Crippen LogP contribution is 2.29. The van der Waals surface area contributed by atoms with Crippen LogP contribution in [0.5, 0.6) is 0 Å². The van der Waals surface area contributed by atoms with Crippen LogP contribution in [0.2, 0.25) is 0 Å². The van der Waals surface area contributed by atoms with E-state index in [1.807, 2.05) is 13.0 Å². The first kappa shape index (κ1) is 22.7. The molecule has 7 heteroatoms. The molecule has 3 aromatic carbocycles. The Balaban J connectivity index is 1.93. The predicted octanol–water partition coefficient (Wildman–Crippen LogP) is 3.51. The van der Waals surface area contributed by atoms with Gasteiger partial charge in [-0.1, -0.05) is 78.4 Å². The first-order valence-corrected chi connectivity index (χ1v) is 11.3. The standard InChI is InChI=1S/C24H25NO5S/c1-18-13-15-21(16-14-18)31(28,29)25-24(2,22(26)20-11-7-4-8-12-20)23(27)30-17-19-9-5-3-6-10-19/h3-16,22,25-26H,17H2,1-2H3/t22-,24-/m0/s1. The van der Waals surface area contributed by atoms with Gasteiger partial charge in [-0.15, -0.1) is 0 Å². The molecule has 0 aliphatic rings. The zero-order valence-electron chi connectivity index (χ0n) is 17.4. The van der Waals surface area contributed by atoms with Crippen LogP contribution < -0.4 is 4.72 Å². The summed E-state index contributed by atoms with van der Waals surface area (Å²) < 4.78 is 33.9. The largest absolute Gasteiger partial charge is 0.459 e. The number of rotatable bonds is 8. The first-order valence-electron chi connectivity index (χ1n) is 9.77. The summed E-state index contributed by atoms with van der Waals surface area (Å²) in [7, 11) is -4.13. The maximum atomic E-state index is 13.1. The zero-order chi connectivity index (χ0) is 22.5. The minimum Gasteiger partial charge on any atom is -0.459 e. The van der Waals surface area contributed by atoms with Crippen LogP contribution >= 0.6 is 0 Å². The first-order chi connectivity index (χ1) is 14.7. The van der Waals surface area contributed by atoms with Gasteiger partial charge >= 0.3 is 5.97 Å². The van der Waals surface area contributed by atoms with Crippen molar-refractivity contribution in [2.75, 3.05) is 0 Å². The highest BCUT2D eigenvalue weighted by atomic mass is 32.2. The van der Waals surface area contributed by atoms with Crippen LogP contribution in [-0.4, -0.2) is 25.0 Å². The number of esters is 1. The van der Waals surface area contributed by atoms with E-state index in [1.54, 1.807) is 66.7 Å². The Hall–Kier alpha value is -3.00. The van der Waals surface area contributed by atoms with Crippen molar-refractivity contribution in [3.63, 3.8) is 0 Å². The SMILES string of the molecule is Cc1ccc(S(=O)(=O)N[C@](C)(C(=O)OCc2ccccc2)[C@@H](O)c2ccccc2)cc1. The summed E-state index contributed by atoms with van der Waals surface area (Å²) in [4.78, 5) is 13.1. The molecule has 2 atom stereocenters. The minimum absolute atomic E-state index is 0.0135. The second-order valence-electron chi connectivity index (χ2n) is 7.50. The molecule has 0 saturated carbocycles. The number of aliphatic hydroxyl groups excluding tert-OH is 1. The molecule has 0 radical (unpaired) electrons. The normalized spacial score (nSPS) is 14.4. The van der Waals surface area contributed by atoms with Crippen molar-refractivity contribution in [1.82, 2.24) is 4.72 Å². The molecule has 162 valence electrons. The highest BCUT2D eigenvalue weighted by molar-refractivity contribution is 7.89. The molecule has 6 nitrogen and oxygen atoms in total. The van der Waals surface area contributed by atoms with Gasteiger partial charge in [0.05, 0.1) is 4.90 Å². The molecule has 0 aliphatic carbocycles. The summed E-state index contributed by atoms with van der Waals surface area (Å²) in [6.07, 6.45) is -1.47. The number of carbonyl (C=O) groups is 1. The van der Waals surface area contributed by atoms with E-state index in [9.17, 15) is 18.3 Å². The smallest absolute Gasteiger partial charge is 0.330 e. The van der Waals surface area contributed by atoms with Crippen molar-refractivity contribution >= 4 is 16.0 Å². The van der Waals surface area contributed by atoms with Crippen LogP contribution in [-0.2, 0) is 26.2 Å². The third kappa shape index (κ3) is 5.38. The summed E-state index contributed by atoms with van der Waals surface area (Å²) in [5.74, 6) is -0.886. The van der Waals surface area contributed by atoms with Gasteiger partial charge in [0.2, 0.25) is 10.0 Å². The molecule has 31 heavy (non-hydrogen) atoms. The van der Waals surface area contributed by atoms with Crippen LogP contribution in [0.3, 0.4) is 0 Å². The average Bonchev–Trinajstić information content (AvgIpc) is 2.78. The quantitative estimate of drug-likeness (QED) is 0.524. The van der Waals surface area contributed by atoms with Crippen molar-refractivity contribution in [3.8, 4) is 0 Å². The number of hydrogen-bond donors (Lipinski definition) is 2. The molecule has 0 aromatic heterocycles. The number of sulfonamides is 1. The van der Waals surface area contributed by atoms with E-state index >= 15 is 0 Å². The molecule has 0 fully saturated rings. The van der Waals surface area contributed by atoms with Gasteiger partial charge in [-0.3, -0.25) is 0 Å². The van der Waals surface area contributed by atoms with Gasteiger partial charge in [-0.2, -0.15) is 4.72 Å². The Morgan fingerprint density at radius 1 is 0.968 bits per heavy atom. The molecule has 0 spiro atoms. The molecular formula is C24H25NO5S. The molecule has 0 heterocycles. The summed E-state index contributed by atoms with van der Waals surface area (Å²) in [6, 6.07) is 23.6. The molecular weight excluding hydrogens is 414 g/mol. The fourth-order valence-electron chi connectivity index (χ4n) is 3.11. The number of aliphatic hydroxyl groups is 1. The topological polar surface area (TPSA) is 92.7 Å². The van der Waals surface area contributed by atoms with E-state index < -0.39 is 27.6 Å². The molecule has 0 amide bonds. The molecule has 0 unspecified atom stereocenters. The number of hydrogen-bond acceptors (Lipinski definition) is 5. The zero-order valence-corrected chi connectivity index (χ0v) is 18.2. The molecule has 0 saturated heterocycles. The summed E-state index contributed by atoms with van der Waals surface area (Å²) in [5.41, 5.74) is 0.0650. The third-order valence-corrected chi connectivity index (χ3v) is 6.56. The van der Waals surface area contributed by atoms with Gasteiger partial charge in [0.1, 0.15) is 12.7 Å². The molecule has 0 aliphatic heterocycles. The minimum atomic E-state index is -4.13. The van der Waals surface area contributed by atoms with Crippen molar-refractivity contribution < 1.29 is 23.1 Å². The van der Waals surface area contributed by atoms with E-state index in [4.69, 9.17) is 4.74 Å². The van der Waals surface area contributed by atoms with Crippen molar-refractivity contribution in [2.24, 2.45) is 0 Å². The van der Waals surface area contributed by atoms with Gasteiger partial charge in [0, 0.05) is 0 Å². The Bertz CT molecular complexity index is 1120. The number of ether oxygens (including phenoxy) is 1. The van der Waals surface area contributed by atoms with Crippen LogP contribution in [0, 0.1) is 6.92 Å². The Kier molecular flexibility index (Phi) is 6.90. The lowest BCUT2D eigenvalue weighted by Crippen LogP contribution is -2.56. The van der Waals surface area contributed by atoms with Crippen molar-refractivity contribution in [1.29, 1.82) is 0 Å². The van der Waals surface area contributed by atoms with Gasteiger partial charge in [0.15, 0.2) is 5.54 Å². The fraction of sp³-hybridized carbons (Fsp3) is 0.208. The highest BCUT2D eigenvalue weighted by Gasteiger charge is 2.46. The fourth-order valence-corrected chi connectivity index (χ4v) is 4.47. The number of aryl methyl sites for hydroxylation is 1. The van der Waals surface area contributed by atoms with E-state index in [-0.39, 0.29) is 11.5 Å². The van der Waals surface area contributed by atoms with Crippen LogP contribution in [0.25, 0.3) is 0 Å². The van der Waals surface area contributed by atoms with Crippen molar-refractivity contribution in [3.05, 3.63) is 102 Å². The van der Waals surface area contributed by atoms with E-state index in [0.29, 0.717) is 5.56 Å². The van der Waals surface area contributed by atoms with Gasteiger partial charge < -0.3 is 9.84 Å². The summed E-state index contributed by atoms with van der Waals surface area (Å²) >= 11 is 0. The second-order valence-corrected chi connectivity index (χ2v) is 9.18. The van der Waals surface area contributed by atoms with Gasteiger partial charge in [0.25, 0.3) is 0 Å². The number of carbonyl (C=O) groups excluding carboxylic acids is 1. The van der Waals surface area contributed by atoms with E-state index in [1.165, 1.54) is 19.1 Å². The van der Waals surface area contributed by atoms with Crippen LogP contribution in [0.4, 0.5) is 0 Å². The predicted molar refractivity (Wildman–Crippen MR) is 118 cm³/mol. The lowest BCUT2D eigenvalue weighted by atomic mass is 9.90. The number of benzene rings is 3. The Morgan fingerprint density at radius 2 is 1.52 bits per heavy atom. The maximum absolute atomic E-state index is 13.1.